The molecule has 0 aromatic heterocycles. The van der Waals surface area contributed by atoms with Crippen LogP contribution in [0.1, 0.15) is 5.56 Å². The lowest BCUT2D eigenvalue weighted by atomic mass is 9.68. The second-order valence-corrected chi connectivity index (χ2v) is 6.78. The van der Waals surface area contributed by atoms with E-state index in [1.807, 2.05) is 11.0 Å². The van der Waals surface area contributed by atoms with Gasteiger partial charge in [-0.2, -0.15) is 0 Å². The van der Waals surface area contributed by atoms with Gasteiger partial charge in [0.25, 0.3) is 0 Å². The maximum atomic E-state index is 13.3. The van der Waals surface area contributed by atoms with E-state index >= 15 is 0 Å². The fourth-order valence-electron chi connectivity index (χ4n) is 4.20. The third kappa shape index (κ3) is 2.15. The van der Waals surface area contributed by atoms with E-state index in [4.69, 9.17) is 10.5 Å². The van der Waals surface area contributed by atoms with Crippen molar-refractivity contribution in [2.45, 2.75) is 12.5 Å². The summed E-state index contributed by atoms with van der Waals surface area (Å²) in [6.07, 6.45) is 1.63. The second kappa shape index (κ2) is 5.84. The van der Waals surface area contributed by atoms with Crippen molar-refractivity contribution in [3.05, 3.63) is 36.4 Å². The molecule has 2 fully saturated rings. The minimum atomic E-state index is -1.43. The lowest BCUT2D eigenvalue weighted by Gasteiger charge is -2.53. The van der Waals surface area contributed by atoms with Gasteiger partial charge in [-0.3, -0.25) is 19.8 Å². The molecule has 3 aliphatic rings. The van der Waals surface area contributed by atoms with Gasteiger partial charge < -0.3 is 15.4 Å². The number of nitrogen functional groups attached to an aromatic ring is 1. The molecule has 8 heteroatoms. The van der Waals surface area contributed by atoms with E-state index in [0.29, 0.717) is 18.8 Å². The summed E-state index contributed by atoms with van der Waals surface area (Å²) < 4.78 is 5.60. The number of benzene rings is 1. The van der Waals surface area contributed by atoms with Gasteiger partial charge in [-0.1, -0.05) is 6.08 Å². The van der Waals surface area contributed by atoms with Crippen molar-refractivity contribution in [2.24, 2.45) is 5.41 Å². The number of ether oxygens (including phenoxy) is 1. The summed E-state index contributed by atoms with van der Waals surface area (Å²) in [4.78, 5) is 41.5. The van der Waals surface area contributed by atoms with E-state index in [0.717, 1.165) is 16.2 Å². The molecule has 26 heavy (non-hydrogen) atoms. The number of nitrogens with one attached hydrogen (secondary N) is 1. The van der Waals surface area contributed by atoms with E-state index in [-0.39, 0.29) is 19.6 Å². The minimum Gasteiger partial charge on any atom is -0.399 e. The maximum absolute atomic E-state index is 13.3. The molecule has 4 rings (SSSR count). The van der Waals surface area contributed by atoms with E-state index in [1.165, 1.54) is 6.08 Å². The largest absolute Gasteiger partial charge is 0.399 e. The minimum absolute atomic E-state index is 0.0387. The first-order valence-electron chi connectivity index (χ1n) is 8.50. The number of hydrogen-bond acceptors (Lipinski definition) is 6. The Morgan fingerprint density at radius 2 is 2.19 bits per heavy atom. The Hall–Kier alpha value is -2.87. The molecule has 0 saturated carbocycles. The lowest BCUT2D eigenvalue weighted by Crippen LogP contribution is -2.73. The Labute approximate surface area is 150 Å². The summed E-state index contributed by atoms with van der Waals surface area (Å²) in [6.45, 7) is 4.93. The van der Waals surface area contributed by atoms with E-state index < -0.39 is 29.3 Å². The number of morpholine rings is 1. The Bertz CT molecular complexity index is 823. The van der Waals surface area contributed by atoms with Gasteiger partial charge in [-0.15, -0.1) is 6.58 Å². The standard InChI is InChI=1S/C18H20N4O4/c1-2-5-22-16(24)18(15(23)20-17(22)25)9-11-8-12(19)3-4-13(11)21-6-7-26-10-14(18)21/h2-4,8,14H,1,5-7,9-10,19H2,(H,20,23,25)/t14-,18+/m1/s1. The first-order chi connectivity index (χ1) is 12.5. The zero-order valence-electron chi connectivity index (χ0n) is 14.2. The van der Waals surface area contributed by atoms with Crippen molar-refractivity contribution in [3.63, 3.8) is 0 Å². The first kappa shape index (κ1) is 16.6. The van der Waals surface area contributed by atoms with Gasteiger partial charge in [-0.25, -0.2) is 4.79 Å². The molecule has 0 unspecified atom stereocenters. The highest BCUT2D eigenvalue weighted by Crippen LogP contribution is 2.45. The number of anilines is 2. The molecule has 8 nitrogen and oxygen atoms in total. The van der Waals surface area contributed by atoms with E-state index in [9.17, 15) is 14.4 Å². The molecule has 2 atom stereocenters. The summed E-state index contributed by atoms with van der Waals surface area (Å²) >= 11 is 0. The number of carbonyl (C=O) groups is 3. The summed E-state index contributed by atoms with van der Waals surface area (Å²) in [5.74, 6) is -1.10. The average molecular weight is 356 g/mol. The van der Waals surface area contributed by atoms with Crippen LogP contribution < -0.4 is 16.0 Å². The van der Waals surface area contributed by atoms with E-state index in [1.54, 1.807) is 12.1 Å². The zero-order valence-corrected chi connectivity index (χ0v) is 14.2. The monoisotopic (exact) mass is 356 g/mol. The molecule has 1 spiro atoms. The van der Waals surface area contributed by atoms with Crippen molar-refractivity contribution in [3.8, 4) is 0 Å². The van der Waals surface area contributed by atoms with Crippen LogP contribution in [0.3, 0.4) is 0 Å². The topological polar surface area (TPSA) is 105 Å². The highest BCUT2D eigenvalue weighted by Gasteiger charge is 2.62. The summed E-state index contributed by atoms with van der Waals surface area (Å²) in [7, 11) is 0. The zero-order chi connectivity index (χ0) is 18.5. The predicted molar refractivity (Wildman–Crippen MR) is 94.4 cm³/mol. The van der Waals surface area contributed by atoms with Crippen molar-refractivity contribution < 1.29 is 19.1 Å². The van der Waals surface area contributed by atoms with Gasteiger partial charge in [0.05, 0.1) is 19.3 Å². The van der Waals surface area contributed by atoms with Crippen molar-refractivity contribution >= 4 is 29.2 Å². The average Bonchev–Trinajstić information content (AvgIpc) is 2.63. The number of barbiturate groups is 1. The molecule has 1 aromatic rings. The summed E-state index contributed by atoms with van der Waals surface area (Å²) in [5.41, 5.74) is 6.83. The predicted octanol–water partition coefficient (Wildman–Crippen LogP) is 0.281. The number of amides is 4. The smallest absolute Gasteiger partial charge is 0.331 e. The van der Waals surface area contributed by atoms with Crippen molar-refractivity contribution in [1.29, 1.82) is 0 Å². The highest BCUT2D eigenvalue weighted by molar-refractivity contribution is 6.20. The SMILES string of the molecule is C=CCN1C(=O)NC(=O)[C@@]2(Cc3cc(N)ccc3N3CCOC[C@@H]32)C1=O. The number of hydrogen-bond donors (Lipinski definition) is 2. The van der Waals surface area contributed by atoms with Gasteiger partial charge in [0, 0.05) is 24.5 Å². The molecular formula is C18H20N4O4. The molecule has 3 heterocycles. The summed E-state index contributed by atoms with van der Waals surface area (Å²) in [5, 5.41) is 2.35. The molecule has 1 aromatic carbocycles. The number of urea groups is 1. The van der Waals surface area contributed by atoms with Gasteiger partial charge >= 0.3 is 6.03 Å². The van der Waals surface area contributed by atoms with Crippen molar-refractivity contribution in [1.82, 2.24) is 10.2 Å². The van der Waals surface area contributed by atoms with Crippen LogP contribution in [0, 0.1) is 5.41 Å². The maximum Gasteiger partial charge on any atom is 0.331 e. The number of nitrogens with two attached hydrogens (primary N) is 1. The fraction of sp³-hybridized carbons (Fsp3) is 0.389. The molecule has 0 aliphatic carbocycles. The molecule has 3 aliphatic heterocycles. The Balaban J connectivity index is 1.88. The van der Waals surface area contributed by atoms with Crippen LogP contribution in [-0.4, -0.2) is 55.1 Å². The molecule has 0 radical (unpaired) electrons. The molecule has 136 valence electrons. The number of imide groups is 2. The first-order valence-corrected chi connectivity index (χ1v) is 8.50. The van der Waals surface area contributed by atoms with Crippen LogP contribution in [-0.2, 0) is 20.7 Å². The third-order valence-electron chi connectivity index (χ3n) is 5.39. The van der Waals surface area contributed by atoms with Crippen LogP contribution >= 0.6 is 0 Å². The van der Waals surface area contributed by atoms with Crippen molar-refractivity contribution in [2.75, 3.05) is 36.9 Å². The molecule has 4 amide bonds. The lowest BCUT2D eigenvalue weighted by molar-refractivity contribution is -0.155. The third-order valence-corrected chi connectivity index (χ3v) is 5.39. The van der Waals surface area contributed by atoms with Crippen LogP contribution in [0.5, 0.6) is 0 Å². The highest BCUT2D eigenvalue weighted by atomic mass is 16.5. The number of carbonyl (C=O) groups excluding carboxylic acids is 3. The Morgan fingerprint density at radius 1 is 1.38 bits per heavy atom. The van der Waals surface area contributed by atoms with Crippen LogP contribution in [0.25, 0.3) is 0 Å². The number of rotatable bonds is 2. The van der Waals surface area contributed by atoms with Gasteiger partial charge in [0.2, 0.25) is 11.8 Å². The van der Waals surface area contributed by atoms with Gasteiger partial charge in [0.1, 0.15) is 0 Å². The Kier molecular flexibility index (Phi) is 3.73. The van der Waals surface area contributed by atoms with Gasteiger partial charge in [-0.05, 0) is 30.2 Å². The Morgan fingerprint density at radius 3 is 2.96 bits per heavy atom. The van der Waals surface area contributed by atoms with E-state index in [2.05, 4.69) is 11.9 Å². The number of fused-ring (bicyclic) bond motifs is 4. The van der Waals surface area contributed by atoms with Crippen LogP contribution in [0.4, 0.5) is 16.2 Å². The fourth-order valence-corrected chi connectivity index (χ4v) is 4.20. The molecule has 3 N–H and O–H groups in total. The molecule has 2 saturated heterocycles. The molecule has 0 bridgehead atoms. The quantitative estimate of drug-likeness (QED) is 0.448. The normalized spacial score (nSPS) is 27.8. The second-order valence-electron chi connectivity index (χ2n) is 6.78. The van der Waals surface area contributed by atoms with Gasteiger partial charge in [0.15, 0.2) is 5.41 Å². The van der Waals surface area contributed by atoms with Crippen LogP contribution in [0.2, 0.25) is 0 Å². The van der Waals surface area contributed by atoms with Crippen LogP contribution in [0.15, 0.2) is 30.9 Å². The molecular weight excluding hydrogens is 336 g/mol. The number of nitrogens with zero attached hydrogens (tertiary/aromatic N) is 2. The summed E-state index contributed by atoms with van der Waals surface area (Å²) in [6, 6.07) is 4.30.